The molecule has 0 N–H and O–H groups in total. The summed E-state index contributed by atoms with van der Waals surface area (Å²) in [5, 5.41) is 0. The summed E-state index contributed by atoms with van der Waals surface area (Å²) in [5.41, 5.74) is 0.591. The van der Waals surface area contributed by atoms with E-state index in [1.807, 2.05) is 25.1 Å². The van der Waals surface area contributed by atoms with E-state index in [2.05, 4.69) is 20.7 Å². The van der Waals surface area contributed by atoms with Crippen LogP contribution in [0.15, 0.2) is 34.3 Å². The van der Waals surface area contributed by atoms with Gasteiger partial charge in [0.25, 0.3) is 0 Å². The minimum absolute atomic E-state index is 0.275. The van der Waals surface area contributed by atoms with Crippen LogP contribution in [-0.2, 0) is 9.53 Å². The summed E-state index contributed by atoms with van der Waals surface area (Å²) in [5.74, 6) is 0.922. The fourth-order valence-corrected chi connectivity index (χ4v) is 1.98. The highest BCUT2D eigenvalue weighted by molar-refractivity contribution is 9.10. The zero-order valence-electron chi connectivity index (χ0n) is 11.2. The van der Waals surface area contributed by atoms with Crippen molar-refractivity contribution >= 4 is 21.9 Å². The van der Waals surface area contributed by atoms with Gasteiger partial charge in [-0.3, -0.25) is 0 Å². The van der Waals surface area contributed by atoms with Crippen LogP contribution in [0.3, 0.4) is 0 Å². The maximum Gasteiger partial charge on any atom is 0.333 e. The molecule has 104 valence electrons. The van der Waals surface area contributed by atoms with Gasteiger partial charge in [0, 0.05) is 5.57 Å². The number of ether oxygens (including phenoxy) is 3. The van der Waals surface area contributed by atoms with Crippen molar-refractivity contribution in [1.29, 1.82) is 0 Å². The summed E-state index contributed by atoms with van der Waals surface area (Å²) in [7, 11) is 2.94. The Labute approximate surface area is 121 Å². The van der Waals surface area contributed by atoms with Crippen molar-refractivity contribution in [1.82, 2.24) is 0 Å². The fraction of sp³-hybridized carbons (Fsp3) is 0.357. The van der Waals surface area contributed by atoms with E-state index in [4.69, 9.17) is 9.47 Å². The number of rotatable bonds is 6. The normalized spacial score (nSPS) is 11.1. The summed E-state index contributed by atoms with van der Waals surface area (Å²) in [6, 6.07) is 5.53. The first-order valence-corrected chi connectivity index (χ1v) is 6.66. The van der Waals surface area contributed by atoms with Crippen LogP contribution in [-0.4, -0.2) is 26.8 Å². The number of para-hydroxylation sites is 1. The van der Waals surface area contributed by atoms with Crippen molar-refractivity contribution in [2.75, 3.05) is 20.8 Å². The van der Waals surface area contributed by atoms with Gasteiger partial charge in [-0.15, -0.1) is 0 Å². The highest BCUT2D eigenvalue weighted by Crippen LogP contribution is 2.34. The lowest BCUT2D eigenvalue weighted by Crippen LogP contribution is -2.06. The molecule has 1 aromatic carbocycles. The van der Waals surface area contributed by atoms with Crippen LogP contribution in [0.4, 0.5) is 0 Å². The highest BCUT2D eigenvalue weighted by atomic mass is 79.9. The Morgan fingerprint density at radius 2 is 2.11 bits per heavy atom. The standard InChI is InChI=1S/C14H17BrO4/c1-4-10(14(16)18-3)8-9-19-13-11(15)6-5-7-12(13)17-2/h5-8H,4,9H2,1-3H3/b10-8-. The van der Waals surface area contributed by atoms with Gasteiger partial charge in [-0.25, -0.2) is 4.79 Å². The molecule has 1 aromatic rings. The third-order valence-electron chi connectivity index (χ3n) is 2.54. The van der Waals surface area contributed by atoms with Gasteiger partial charge in [0.1, 0.15) is 6.61 Å². The molecule has 0 unspecified atom stereocenters. The van der Waals surface area contributed by atoms with Gasteiger partial charge in [0.05, 0.1) is 18.7 Å². The summed E-state index contributed by atoms with van der Waals surface area (Å²) in [6.45, 7) is 2.17. The summed E-state index contributed by atoms with van der Waals surface area (Å²) < 4.78 is 16.3. The van der Waals surface area contributed by atoms with Crippen LogP contribution in [0.2, 0.25) is 0 Å². The fourth-order valence-electron chi connectivity index (χ4n) is 1.52. The Balaban J connectivity index is 2.77. The summed E-state index contributed by atoms with van der Waals surface area (Å²) in [6.07, 6.45) is 2.31. The molecule has 0 amide bonds. The van der Waals surface area contributed by atoms with Crippen molar-refractivity contribution in [2.24, 2.45) is 0 Å². The predicted octanol–water partition coefficient (Wildman–Crippen LogP) is 3.35. The molecule has 0 saturated carbocycles. The Bertz CT molecular complexity index is 469. The molecule has 1 rings (SSSR count). The average molecular weight is 329 g/mol. The zero-order valence-corrected chi connectivity index (χ0v) is 12.8. The Morgan fingerprint density at radius 3 is 2.68 bits per heavy atom. The average Bonchev–Trinajstić information content (AvgIpc) is 2.44. The van der Waals surface area contributed by atoms with Gasteiger partial charge < -0.3 is 14.2 Å². The van der Waals surface area contributed by atoms with E-state index in [1.54, 1.807) is 13.2 Å². The molecule has 0 aliphatic carbocycles. The minimum Gasteiger partial charge on any atom is -0.493 e. The third kappa shape index (κ3) is 4.28. The molecule has 0 spiro atoms. The van der Waals surface area contributed by atoms with Crippen molar-refractivity contribution in [3.8, 4) is 11.5 Å². The molecule has 0 aromatic heterocycles. The highest BCUT2D eigenvalue weighted by Gasteiger charge is 2.09. The van der Waals surface area contributed by atoms with E-state index < -0.39 is 0 Å². The maximum absolute atomic E-state index is 11.4. The molecule has 4 nitrogen and oxygen atoms in total. The van der Waals surface area contributed by atoms with E-state index >= 15 is 0 Å². The largest absolute Gasteiger partial charge is 0.493 e. The zero-order chi connectivity index (χ0) is 14.3. The van der Waals surface area contributed by atoms with Crippen LogP contribution in [0.25, 0.3) is 0 Å². The number of benzene rings is 1. The SMILES string of the molecule is CC/C(=C/COc1c(Br)cccc1OC)C(=O)OC. The van der Waals surface area contributed by atoms with Gasteiger partial charge in [0.15, 0.2) is 11.5 Å². The van der Waals surface area contributed by atoms with Crippen molar-refractivity contribution in [3.63, 3.8) is 0 Å². The molecule has 0 radical (unpaired) electrons. The molecule has 0 atom stereocenters. The molecular weight excluding hydrogens is 312 g/mol. The second-order valence-electron chi connectivity index (χ2n) is 3.66. The quantitative estimate of drug-likeness (QED) is 0.593. The molecule has 0 heterocycles. The van der Waals surface area contributed by atoms with Crippen LogP contribution in [0.1, 0.15) is 13.3 Å². The monoisotopic (exact) mass is 328 g/mol. The molecule has 0 fully saturated rings. The minimum atomic E-state index is -0.329. The first-order chi connectivity index (χ1) is 9.13. The van der Waals surface area contributed by atoms with E-state index in [-0.39, 0.29) is 12.6 Å². The molecule has 0 bridgehead atoms. The number of esters is 1. The number of carbonyl (C=O) groups excluding carboxylic acids is 1. The van der Waals surface area contributed by atoms with E-state index in [0.717, 1.165) is 4.47 Å². The van der Waals surface area contributed by atoms with E-state index in [9.17, 15) is 4.79 Å². The predicted molar refractivity (Wildman–Crippen MR) is 76.6 cm³/mol. The van der Waals surface area contributed by atoms with Gasteiger partial charge in [-0.2, -0.15) is 0 Å². The number of methoxy groups -OCH3 is 2. The first kappa shape index (κ1) is 15.6. The number of hydrogen-bond acceptors (Lipinski definition) is 4. The second kappa shape index (κ2) is 7.84. The van der Waals surface area contributed by atoms with Crippen LogP contribution < -0.4 is 9.47 Å². The Morgan fingerprint density at radius 1 is 1.37 bits per heavy atom. The maximum atomic E-state index is 11.4. The summed E-state index contributed by atoms with van der Waals surface area (Å²) >= 11 is 3.40. The molecule has 0 saturated heterocycles. The van der Waals surface area contributed by atoms with Gasteiger partial charge in [0.2, 0.25) is 0 Å². The van der Waals surface area contributed by atoms with Crippen LogP contribution >= 0.6 is 15.9 Å². The number of hydrogen-bond donors (Lipinski definition) is 0. The lowest BCUT2D eigenvalue weighted by atomic mass is 10.2. The van der Waals surface area contributed by atoms with Crippen molar-refractivity contribution in [2.45, 2.75) is 13.3 Å². The molecule has 0 aliphatic rings. The molecule has 19 heavy (non-hydrogen) atoms. The first-order valence-electron chi connectivity index (χ1n) is 5.86. The van der Waals surface area contributed by atoms with Crippen molar-refractivity contribution < 1.29 is 19.0 Å². The van der Waals surface area contributed by atoms with Gasteiger partial charge in [-0.1, -0.05) is 13.0 Å². The molecule has 0 aliphatic heterocycles. The lowest BCUT2D eigenvalue weighted by molar-refractivity contribution is -0.136. The van der Waals surface area contributed by atoms with Crippen LogP contribution in [0, 0.1) is 0 Å². The smallest absolute Gasteiger partial charge is 0.333 e. The Kier molecular flexibility index (Phi) is 6.42. The third-order valence-corrected chi connectivity index (χ3v) is 3.16. The van der Waals surface area contributed by atoms with Gasteiger partial charge in [-0.05, 0) is 40.6 Å². The second-order valence-corrected chi connectivity index (χ2v) is 4.51. The van der Waals surface area contributed by atoms with Gasteiger partial charge >= 0.3 is 5.97 Å². The van der Waals surface area contributed by atoms with Crippen LogP contribution in [0.5, 0.6) is 11.5 Å². The van der Waals surface area contributed by atoms with E-state index in [1.165, 1.54) is 7.11 Å². The summed E-state index contributed by atoms with van der Waals surface area (Å²) in [4.78, 5) is 11.4. The lowest BCUT2D eigenvalue weighted by Gasteiger charge is -2.11. The topological polar surface area (TPSA) is 44.8 Å². The number of carbonyl (C=O) groups is 1. The Hall–Kier alpha value is -1.49. The molecular formula is C14H17BrO4. The van der Waals surface area contributed by atoms with E-state index in [0.29, 0.717) is 23.5 Å². The number of halogens is 1. The van der Waals surface area contributed by atoms with Crippen molar-refractivity contribution in [3.05, 3.63) is 34.3 Å². The molecule has 5 heteroatoms.